The Morgan fingerprint density at radius 3 is 2.43 bits per heavy atom. The molecule has 0 aromatic heterocycles. The van der Waals surface area contributed by atoms with E-state index >= 15 is 0 Å². The van der Waals surface area contributed by atoms with E-state index in [0.717, 1.165) is 20.5 Å². The largest absolute Gasteiger partial charge is 0.360 e. The number of nitrogens with one attached hydrogen (secondary N) is 2. The van der Waals surface area contributed by atoms with Crippen LogP contribution < -0.4 is 10.6 Å². The van der Waals surface area contributed by atoms with Crippen molar-refractivity contribution in [3.8, 4) is 0 Å². The maximum atomic E-state index is 5.92. The first-order valence-electron chi connectivity index (χ1n) is 6.64. The van der Waals surface area contributed by atoms with Crippen LogP contribution in [-0.4, -0.2) is 11.2 Å². The van der Waals surface area contributed by atoms with Crippen LogP contribution in [0.3, 0.4) is 0 Å². The number of benzene rings is 2. The van der Waals surface area contributed by atoms with Crippen LogP contribution in [0.25, 0.3) is 0 Å². The van der Waals surface area contributed by atoms with Gasteiger partial charge in [-0.05, 0) is 62.5 Å². The van der Waals surface area contributed by atoms with Crippen molar-refractivity contribution in [2.24, 2.45) is 0 Å². The SMILES string of the molecule is CC(C)NC(=S)Nc1ccccc1Sc1ccc(Cl)cc1. The molecule has 2 N–H and O–H groups in total. The summed E-state index contributed by atoms with van der Waals surface area (Å²) in [7, 11) is 0. The molecule has 2 aromatic carbocycles. The van der Waals surface area contributed by atoms with Crippen LogP contribution in [0, 0.1) is 0 Å². The standard InChI is InChI=1S/C16H17ClN2S2/c1-11(2)18-16(20)19-14-5-3-4-6-15(14)21-13-9-7-12(17)8-10-13/h3-11H,1-2H3,(H2,18,19,20). The lowest BCUT2D eigenvalue weighted by molar-refractivity contribution is 0.739. The molecular weight excluding hydrogens is 320 g/mol. The molecule has 110 valence electrons. The fourth-order valence-electron chi connectivity index (χ4n) is 1.71. The molecule has 0 saturated heterocycles. The minimum Gasteiger partial charge on any atom is -0.360 e. The second-order valence-electron chi connectivity index (χ2n) is 4.81. The van der Waals surface area contributed by atoms with Crippen molar-refractivity contribution in [1.29, 1.82) is 0 Å². The quantitative estimate of drug-likeness (QED) is 0.751. The molecule has 0 aliphatic carbocycles. The molecule has 2 aromatic rings. The first kappa shape index (κ1) is 16.1. The number of hydrogen-bond donors (Lipinski definition) is 2. The van der Waals surface area contributed by atoms with Gasteiger partial charge in [0.15, 0.2) is 5.11 Å². The zero-order valence-electron chi connectivity index (χ0n) is 11.9. The van der Waals surface area contributed by atoms with E-state index < -0.39 is 0 Å². The summed E-state index contributed by atoms with van der Waals surface area (Å²) in [5.41, 5.74) is 0.996. The lowest BCUT2D eigenvalue weighted by atomic mass is 10.3. The highest BCUT2D eigenvalue weighted by atomic mass is 35.5. The molecule has 0 radical (unpaired) electrons. The van der Waals surface area contributed by atoms with Crippen molar-refractivity contribution in [2.75, 3.05) is 5.32 Å². The van der Waals surface area contributed by atoms with Crippen molar-refractivity contribution in [3.05, 3.63) is 53.6 Å². The molecule has 2 rings (SSSR count). The fraction of sp³-hybridized carbons (Fsp3) is 0.188. The first-order valence-corrected chi connectivity index (χ1v) is 8.25. The number of hydrogen-bond acceptors (Lipinski definition) is 2. The fourth-order valence-corrected chi connectivity index (χ4v) is 3.08. The molecule has 0 heterocycles. The van der Waals surface area contributed by atoms with E-state index in [4.69, 9.17) is 23.8 Å². The molecule has 0 amide bonds. The van der Waals surface area contributed by atoms with Crippen LogP contribution in [0.5, 0.6) is 0 Å². The van der Waals surface area contributed by atoms with Gasteiger partial charge in [-0.2, -0.15) is 0 Å². The summed E-state index contributed by atoms with van der Waals surface area (Å²) < 4.78 is 0. The van der Waals surface area contributed by atoms with E-state index in [-0.39, 0.29) is 0 Å². The number of para-hydroxylation sites is 1. The Morgan fingerprint density at radius 2 is 1.76 bits per heavy atom. The molecule has 21 heavy (non-hydrogen) atoms. The monoisotopic (exact) mass is 336 g/mol. The molecule has 0 unspecified atom stereocenters. The molecule has 0 bridgehead atoms. The summed E-state index contributed by atoms with van der Waals surface area (Å²) in [5.74, 6) is 0. The topological polar surface area (TPSA) is 24.1 Å². The maximum Gasteiger partial charge on any atom is 0.171 e. The van der Waals surface area contributed by atoms with Gasteiger partial charge in [0.1, 0.15) is 0 Å². The molecule has 5 heteroatoms. The minimum absolute atomic E-state index is 0.307. The highest BCUT2D eigenvalue weighted by Crippen LogP contribution is 2.33. The predicted octanol–water partition coefficient (Wildman–Crippen LogP) is 5.19. The van der Waals surface area contributed by atoms with Crippen LogP contribution in [0.2, 0.25) is 5.02 Å². The molecule has 0 spiro atoms. The Hall–Kier alpha value is -1.23. The van der Waals surface area contributed by atoms with Crippen LogP contribution in [0.15, 0.2) is 58.3 Å². The van der Waals surface area contributed by atoms with E-state index in [1.807, 2.05) is 42.5 Å². The minimum atomic E-state index is 0.307. The van der Waals surface area contributed by atoms with Crippen molar-refractivity contribution in [1.82, 2.24) is 5.32 Å². The van der Waals surface area contributed by atoms with Gasteiger partial charge in [-0.1, -0.05) is 35.5 Å². The van der Waals surface area contributed by atoms with Crippen LogP contribution >= 0.6 is 35.6 Å². The molecular formula is C16H17ClN2S2. The molecule has 2 nitrogen and oxygen atoms in total. The Kier molecular flexibility index (Phi) is 5.91. The average Bonchev–Trinajstić information content (AvgIpc) is 2.42. The molecule has 0 aliphatic rings. The third kappa shape index (κ3) is 5.23. The zero-order valence-corrected chi connectivity index (χ0v) is 14.3. The second-order valence-corrected chi connectivity index (χ2v) is 6.77. The summed E-state index contributed by atoms with van der Waals surface area (Å²) in [6.45, 7) is 4.12. The van der Waals surface area contributed by atoms with Crippen molar-refractivity contribution in [3.63, 3.8) is 0 Å². The van der Waals surface area contributed by atoms with Crippen LogP contribution in [0.4, 0.5) is 5.69 Å². The summed E-state index contributed by atoms with van der Waals surface area (Å²) >= 11 is 12.9. The van der Waals surface area contributed by atoms with Gasteiger partial charge >= 0.3 is 0 Å². The van der Waals surface area contributed by atoms with E-state index in [1.165, 1.54) is 0 Å². The molecule has 0 aliphatic heterocycles. The Bertz CT molecular complexity index is 612. The number of halogens is 1. The smallest absolute Gasteiger partial charge is 0.171 e. The van der Waals surface area contributed by atoms with Gasteiger partial charge in [0.05, 0.1) is 5.69 Å². The van der Waals surface area contributed by atoms with Gasteiger partial charge in [-0.25, -0.2) is 0 Å². The van der Waals surface area contributed by atoms with Gasteiger partial charge in [-0.3, -0.25) is 0 Å². The summed E-state index contributed by atoms with van der Waals surface area (Å²) in [5, 5.41) is 7.81. The highest BCUT2D eigenvalue weighted by molar-refractivity contribution is 7.99. The van der Waals surface area contributed by atoms with Gasteiger partial charge in [-0.15, -0.1) is 0 Å². The normalized spacial score (nSPS) is 10.5. The highest BCUT2D eigenvalue weighted by Gasteiger charge is 2.06. The second kappa shape index (κ2) is 7.69. The third-order valence-electron chi connectivity index (χ3n) is 2.60. The average molecular weight is 337 g/mol. The van der Waals surface area contributed by atoms with Gasteiger partial charge in [0, 0.05) is 20.9 Å². The van der Waals surface area contributed by atoms with E-state index in [2.05, 4.69) is 30.5 Å². The van der Waals surface area contributed by atoms with Gasteiger partial charge < -0.3 is 10.6 Å². The Balaban J connectivity index is 2.13. The predicted molar refractivity (Wildman–Crippen MR) is 96.5 cm³/mol. The van der Waals surface area contributed by atoms with E-state index in [9.17, 15) is 0 Å². The first-order chi connectivity index (χ1) is 10.0. The number of thiocarbonyl (C=S) groups is 1. The number of rotatable bonds is 4. The van der Waals surface area contributed by atoms with Crippen molar-refractivity contribution >= 4 is 46.4 Å². The van der Waals surface area contributed by atoms with Crippen molar-refractivity contribution in [2.45, 2.75) is 29.7 Å². The van der Waals surface area contributed by atoms with Crippen LogP contribution in [-0.2, 0) is 0 Å². The maximum absolute atomic E-state index is 5.92. The summed E-state index contributed by atoms with van der Waals surface area (Å²) in [6, 6.07) is 16.2. The summed E-state index contributed by atoms with van der Waals surface area (Å²) in [6.07, 6.45) is 0. The van der Waals surface area contributed by atoms with Crippen molar-refractivity contribution < 1.29 is 0 Å². The van der Waals surface area contributed by atoms with Gasteiger partial charge in [0.25, 0.3) is 0 Å². The zero-order chi connectivity index (χ0) is 15.2. The van der Waals surface area contributed by atoms with Gasteiger partial charge in [0.2, 0.25) is 0 Å². The van der Waals surface area contributed by atoms with E-state index in [1.54, 1.807) is 11.8 Å². The Morgan fingerprint density at radius 1 is 1.10 bits per heavy atom. The lowest BCUT2D eigenvalue weighted by Gasteiger charge is -2.15. The molecule has 0 atom stereocenters. The Labute approximate surface area is 140 Å². The summed E-state index contributed by atoms with van der Waals surface area (Å²) in [4.78, 5) is 2.25. The number of anilines is 1. The van der Waals surface area contributed by atoms with Crippen LogP contribution in [0.1, 0.15) is 13.8 Å². The van der Waals surface area contributed by atoms with E-state index in [0.29, 0.717) is 11.2 Å². The molecule has 0 saturated carbocycles. The molecule has 0 fully saturated rings. The third-order valence-corrected chi connectivity index (χ3v) is 4.15. The lowest BCUT2D eigenvalue weighted by Crippen LogP contribution is -2.34.